The molecule has 3 rings (SSSR count). The number of hydrogen-bond donors (Lipinski definition) is 1. The van der Waals surface area contributed by atoms with E-state index < -0.39 is 0 Å². The zero-order valence-electron chi connectivity index (χ0n) is 12.5. The quantitative estimate of drug-likeness (QED) is 0.781. The number of nitrogens with one attached hydrogen (secondary N) is 1. The third-order valence-corrected chi connectivity index (χ3v) is 3.89. The Kier molecular flexibility index (Phi) is 4.68. The minimum Gasteiger partial charge on any atom is -0.322 e. The van der Waals surface area contributed by atoms with Crippen LogP contribution in [0.25, 0.3) is 5.69 Å². The van der Waals surface area contributed by atoms with Crippen LogP contribution in [0.1, 0.15) is 15.9 Å². The lowest BCUT2D eigenvalue weighted by Crippen LogP contribution is -2.11. The Bertz CT molecular complexity index is 769. The highest BCUT2D eigenvalue weighted by Gasteiger charge is 2.06. The van der Waals surface area contributed by atoms with Gasteiger partial charge in [0.1, 0.15) is 6.33 Å². The summed E-state index contributed by atoms with van der Waals surface area (Å²) < 4.78 is 1.55. The summed E-state index contributed by atoms with van der Waals surface area (Å²) in [5.41, 5.74) is 3.40. The molecule has 116 valence electrons. The smallest absolute Gasteiger partial charge is 0.255 e. The van der Waals surface area contributed by atoms with Gasteiger partial charge in [0.05, 0.1) is 5.69 Å². The molecule has 0 unspecified atom stereocenters. The Labute approximate surface area is 137 Å². The molecule has 7 heteroatoms. The summed E-state index contributed by atoms with van der Waals surface area (Å²) in [5, 5.41) is 13.9. The molecule has 0 fully saturated rings. The van der Waals surface area contributed by atoms with Crippen molar-refractivity contribution < 1.29 is 4.79 Å². The number of amides is 1. The molecule has 0 bridgehead atoms. The van der Waals surface area contributed by atoms with Gasteiger partial charge < -0.3 is 5.32 Å². The van der Waals surface area contributed by atoms with E-state index in [9.17, 15) is 4.79 Å². The lowest BCUT2D eigenvalue weighted by molar-refractivity contribution is 0.102. The van der Waals surface area contributed by atoms with Crippen molar-refractivity contribution in [3.05, 3.63) is 66.0 Å². The normalized spacial score (nSPS) is 10.5. The van der Waals surface area contributed by atoms with E-state index in [1.807, 2.05) is 48.5 Å². The zero-order valence-corrected chi connectivity index (χ0v) is 13.3. The van der Waals surface area contributed by atoms with E-state index in [1.54, 1.807) is 16.4 Å². The fraction of sp³-hybridized carbons (Fsp3) is 0.125. The number of benzene rings is 2. The van der Waals surface area contributed by atoms with Crippen LogP contribution >= 0.6 is 11.8 Å². The van der Waals surface area contributed by atoms with Gasteiger partial charge in [-0.15, -0.1) is 5.10 Å². The number of tetrazole rings is 1. The lowest BCUT2D eigenvalue weighted by Gasteiger charge is -2.07. The van der Waals surface area contributed by atoms with Crippen molar-refractivity contribution in [2.24, 2.45) is 0 Å². The van der Waals surface area contributed by atoms with Crippen molar-refractivity contribution in [2.75, 3.05) is 11.6 Å². The van der Waals surface area contributed by atoms with Crippen molar-refractivity contribution in [1.29, 1.82) is 0 Å². The van der Waals surface area contributed by atoms with Gasteiger partial charge >= 0.3 is 0 Å². The molecule has 2 aromatic carbocycles. The van der Waals surface area contributed by atoms with E-state index >= 15 is 0 Å². The number of carbonyl (C=O) groups is 1. The van der Waals surface area contributed by atoms with Crippen molar-refractivity contribution in [3.63, 3.8) is 0 Å². The van der Waals surface area contributed by atoms with Crippen LogP contribution in [-0.4, -0.2) is 32.4 Å². The van der Waals surface area contributed by atoms with Gasteiger partial charge in [-0.3, -0.25) is 4.79 Å². The molecule has 0 aliphatic heterocycles. The van der Waals surface area contributed by atoms with Crippen LogP contribution < -0.4 is 5.32 Å². The van der Waals surface area contributed by atoms with E-state index in [4.69, 9.17) is 0 Å². The summed E-state index contributed by atoms with van der Waals surface area (Å²) in [5.74, 6) is 0.816. The molecule has 3 aromatic rings. The maximum absolute atomic E-state index is 12.2. The maximum Gasteiger partial charge on any atom is 0.255 e. The van der Waals surface area contributed by atoms with Gasteiger partial charge in [0.15, 0.2) is 0 Å². The first-order valence-corrected chi connectivity index (χ1v) is 8.38. The average Bonchev–Trinajstić information content (AvgIpc) is 3.11. The second-order valence-corrected chi connectivity index (χ2v) is 5.75. The highest BCUT2D eigenvalue weighted by atomic mass is 32.2. The van der Waals surface area contributed by atoms with Gasteiger partial charge in [0, 0.05) is 17.0 Å². The van der Waals surface area contributed by atoms with Gasteiger partial charge in [0.2, 0.25) is 0 Å². The van der Waals surface area contributed by atoms with Crippen LogP contribution in [-0.2, 0) is 5.75 Å². The third kappa shape index (κ3) is 3.75. The largest absolute Gasteiger partial charge is 0.322 e. The Balaban J connectivity index is 1.67. The van der Waals surface area contributed by atoms with E-state index in [0.717, 1.165) is 17.1 Å². The molecule has 0 aliphatic rings. The van der Waals surface area contributed by atoms with Crippen LogP contribution in [0.5, 0.6) is 0 Å². The SMILES string of the molecule is CSCc1ccc(C(=O)Nc2ccc(-n3cnnn3)cc2)cc1. The predicted molar refractivity (Wildman–Crippen MR) is 90.8 cm³/mol. The molecular weight excluding hydrogens is 310 g/mol. The minimum absolute atomic E-state index is 0.129. The molecule has 1 heterocycles. The monoisotopic (exact) mass is 325 g/mol. The van der Waals surface area contributed by atoms with E-state index in [2.05, 4.69) is 27.1 Å². The van der Waals surface area contributed by atoms with E-state index in [-0.39, 0.29) is 5.91 Å². The Morgan fingerprint density at radius 3 is 2.48 bits per heavy atom. The number of aromatic nitrogens is 4. The van der Waals surface area contributed by atoms with Crippen molar-refractivity contribution in [3.8, 4) is 5.69 Å². The summed E-state index contributed by atoms with van der Waals surface area (Å²) in [4.78, 5) is 12.2. The van der Waals surface area contributed by atoms with E-state index in [1.165, 1.54) is 11.9 Å². The fourth-order valence-electron chi connectivity index (χ4n) is 2.10. The van der Waals surface area contributed by atoms with Crippen molar-refractivity contribution in [2.45, 2.75) is 5.75 Å². The molecule has 0 spiro atoms. The summed E-state index contributed by atoms with van der Waals surface area (Å²) in [6.45, 7) is 0. The summed E-state index contributed by atoms with van der Waals surface area (Å²) in [7, 11) is 0. The molecule has 1 N–H and O–H groups in total. The molecular formula is C16H15N5OS. The number of nitrogens with zero attached hydrogens (tertiary/aromatic N) is 4. The Morgan fingerprint density at radius 1 is 1.13 bits per heavy atom. The number of carbonyl (C=O) groups excluding carboxylic acids is 1. The summed E-state index contributed by atoms with van der Waals surface area (Å²) >= 11 is 1.76. The van der Waals surface area contributed by atoms with Gasteiger partial charge in [-0.1, -0.05) is 12.1 Å². The van der Waals surface area contributed by atoms with Crippen LogP contribution in [0.2, 0.25) is 0 Å². The molecule has 0 atom stereocenters. The number of hydrogen-bond acceptors (Lipinski definition) is 5. The minimum atomic E-state index is -0.129. The van der Waals surface area contributed by atoms with Crippen LogP contribution in [0, 0.1) is 0 Å². The van der Waals surface area contributed by atoms with Crippen LogP contribution in [0.3, 0.4) is 0 Å². The topological polar surface area (TPSA) is 72.7 Å². The molecule has 0 aliphatic carbocycles. The maximum atomic E-state index is 12.2. The number of thioether (sulfide) groups is 1. The van der Waals surface area contributed by atoms with Crippen LogP contribution in [0.4, 0.5) is 5.69 Å². The molecule has 0 saturated carbocycles. The van der Waals surface area contributed by atoms with Crippen LogP contribution in [0.15, 0.2) is 54.9 Å². The standard InChI is InChI=1S/C16H15N5OS/c1-23-10-12-2-4-13(5-3-12)16(22)18-14-6-8-15(9-7-14)21-11-17-19-20-21/h2-9,11H,10H2,1H3,(H,18,22). The summed E-state index contributed by atoms with van der Waals surface area (Å²) in [6, 6.07) is 15.0. The molecule has 0 radical (unpaired) electrons. The molecule has 6 nitrogen and oxygen atoms in total. The second kappa shape index (κ2) is 7.06. The summed E-state index contributed by atoms with van der Waals surface area (Å²) in [6.07, 6.45) is 3.57. The zero-order chi connectivity index (χ0) is 16.1. The fourth-order valence-corrected chi connectivity index (χ4v) is 2.63. The first-order valence-electron chi connectivity index (χ1n) is 6.99. The average molecular weight is 325 g/mol. The number of anilines is 1. The highest BCUT2D eigenvalue weighted by molar-refractivity contribution is 7.97. The Morgan fingerprint density at radius 2 is 1.87 bits per heavy atom. The molecule has 1 amide bonds. The molecule has 0 saturated heterocycles. The second-order valence-electron chi connectivity index (χ2n) is 4.89. The third-order valence-electron chi connectivity index (χ3n) is 3.27. The predicted octanol–water partition coefficient (Wildman–Crippen LogP) is 2.78. The van der Waals surface area contributed by atoms with E-state index in [0.29, 0.717) is 5.56 Å². The highest BCUT2D eigenvalue weighted by Crippen LogP contribution is 2.15. The Hall–Kier alpha value is -2.67. The lowest BCUT2D eigenvalue weighted by atomic mass is 10.1. The molecule has 1 aromatic heterocycles. The van der Waals surface area contributed by atoms with Gasteiger partial charge in [-0.2, -0.15) is 11.8 Å². The van der Waals surface area contributed by atoms with Gasteiger partial charge in [-0.25, -0.2) is 4.68 Å². The van der Waals surface area contributed by atoms with Crippen molar-refractivity contribution >= 4 is 23.4 Å². The molecule has 23 heavy (non-hydrogen) atoms. The van der Waals surface area contributed by atoms with Crippen molar-refractivity contribution in [1.82, 2.24) is 20.2 Å². The first-order chi connectivity index (χ1) is 11.3. The van der Waals surface area contributed by atoms with Gasteiger partial charge in [-0.05, 0) is 58.6 Å². The first kappa shape index (κ1) is 15.2. The van der Waals surface area contributed by atoms with Gasteiger partial charge in [0.25, 0.3) is 5.91 Å². The number of rotatable bonds is 5.